The van der Waals surface area contributed by atoms with E-state index in [4.69, 9.17) is 0 Å². The molecule has 1 heterocycles. The van der Waals surface area contributed by atoms with Crippen LogP contribution in [0.15, 0.2) is 11.2 Å². The van der Waals surface area contributed by atoms with Crippen molar-refractivity contribution in [1.29, 1.82) is 0 Å². The molecular weight excluding hydrogens is 262 g/mol. The second kappa shape index (κ2) is 6.05. The zero-order valence-corrected chi connectivity index (χ0v) is 12.5. The average Bonchev–Trinajstić information content (AvgIpc) is 2.79. The molecule has 0 unspecified atom stereocenters. The van der Waals surface area contributed by atoms with Gasteiger partial charge in [0.25, 0.3) is 10.0 Å². The van der Waals surface area contributed by atoms with Gasteiger partial charge in [-0.2, -0.15) is 0 Å². The molecule has 19 heavy (non-hydrogen) atoms. The largest absolute Gasteiger partial charge is 0.332 e. The first-order valence-corrected chi connectivity index (χ1v) is 8.47. The molecule has 0 aliphatic heterocycles. The van der Waals surface area contributed by atoms with Gasteiger partial charge in [-0.3, -0.25) is 0 Å². The Hall–Kier alpha value is -0.880. The zero-order chi connectivity index (χ0) is 13.9. The van der Waals surface area contributed by atoms with E-state index in [-0.39, 0.29) is 5.03 Å². The van der Waals surface area contributed by atoms with Crippen LogP contribution in [0.3, 0.4) is 0 Å². The van der Waals surface area contributed by atoms with Crippen LogP contribution in [0.5, 0.6) is 0 Å². The Morgan fingerprint density at radius 3 is 2.63 bits per heavy atom. The van der Waals surface area contributed by atoms with Crippen LogP contribution in [-0.2, 0) is 10.0 Å². The number of imidazole rings is 1. The lowest BCUT2D eigenvalue weighted by Gasteiger charge is -2.25. The molecule has 2 N–H and O–H groups in total. The third kappa shape index (κ3) is 4.04. The lowest BCUT2D eigenvalue weighted by Crippen LogP contribution is -2.27. The molecular formula is C13H23N3O2S. The summed E-state index contributed by atoms with van der Waals surface area (Å²) in [5.41, 5.74) is 0. The molecule has 0 radical (unpaired) electrons. The summed E-state index contributed by atoms with van der Waals surface area (Å²) in [7, 11) is -3.42. The second-order valence-corrected chi connectivity index (χ2v) is 7.38. The minimum atomic E-state index is -3.42. The van der Waals surface area contributed by atoms with E-state index in [9.17, 15) is 8.42 Å². The van der Waals surface area contributed by atoms with Crippen LogP contribution in [0.2, 0.25) is 0 Å². The standard InChI is InChI=1S/C13H23N3O2S/c1-10-3-5-12(6-4-10)7-8-15-19(17,18)13-9-14-11(2)16-13/h9-10,12,15H,3-8H2,1-2H3,(H,14,16). The molecule has 1 aliphatic rings. The summed E-state index contributed by atoms with van der Waals surface area (Å²) in [5, 5.41) is 0.155. The topological polar surface area (TPSA) is 74.8 Å². The van der Waals surface area contributed by atoms with E-state index in [0.29, 0.717) is 18.3 Å². The molecule has 0 atom stereocenters. The summed E-state index contributed by atoms with van der Waals surface area (Å²) in [6.45, 7) is 4.54. The van der Waals surface area contributed by atoms with Crippen molar-refractivity contribution >= 4 is 10.0 Å². The van der Waals surface area contributed by atoms with Gasteiger partial charge in [-0.05, 0) is 25.2 Å². The number of H-pyrrole nitrogens is 1. The Kier molecular flexibility index (Phi) is 4.62. The van der Waals surface area contributed by atoms with Crippen molar-refractivity contribution in [3.05, 3.63) is 12.0 Å². The van der Waals surface area contributed by atoms with Crippen molar-refractivity contribution in [2.75, 3.05) is 6.54 Å². The maximum atomic E-state index is 12.0. The second-order valence-electron chi connectivity index (χ2n) is 5.65. The summed E-state index contributed by atoms with van der Waals surface area (Å²) in [6.07, 6.45) is 7.30. The van der Waals surface area contributed by atoms with Gasteiger partial charge in [0.1, 0.15) is 5.82 Å². The first kappa shape index (κ1) is 14.5. The monoisotopic (exact) mass is 285 g/mol. The minimum absolute atomic E-state index is 0.155. The Morgan fingerprint density at radius 1 is 1.37 bits per heavy atom. The van der Waals surface area contributed by atoms with E-state index in [1.807, 2.05) is 0 Å². The number of nitrogens with one attached hydrogen (secondary N) is 2. The van der Waals surface area contributed by atoms with Crippen molar-refractivity contribution in [1.82, 2.24) is 14.7 Å². The van der Waals surface area contributed by atoms with E-state index >= 15 is 0 Å². The van der Waals surface area contributed by atoms with Crippen molar-refractivity contribution < 1.29 is 8.42 Å². The number of rotatable bonds is 5. The molecule has 1 aromatic heterocycles. The minimum Gasteiger partial charge on any atom is -0.332 e. The van der Waals surface area contributed by atoms with Gasteiger partial charge in [0.2, 0.25) is 0 Å². The Balaban J connectivity index is 1.79. The molecule has 0 saturated heterocycles. The maximum absolute atomic E-state index is 12.0. The summed E-state index contributed by atoms with van der Waals surface area (Å²) in [5.74, 6) is 2.12. The van der Waals surface area contributed by atoms with Gasteiger partial charge in [0, 0.05) is 6.54 Å². The lowest BCUT2D eigenvalue weighted by molar-refractivity contribution is 0.278. The number of hydrogen-bond acceptors (Lipinski definition) is 3. The smallest absolute Gasteiger partial charge is 0.257 e. The highest BCUT2D eigenvalue weighted by atomic mass is 32.2. The Labute approximate surface area is 115 Å². The number of nitrogens with zero attached hydrogens (tertiary/aromatic N) is 1. The van der Waals surface area contributed by atoms with Crippen LogP contribution < -0.4 is 4.72 Å². The third-order valence-electron chi connectivity index (χ3n) is 3.95. The molecule has 6 heteroatoms. The number of hydrogen-bond donors (Lipinski definition) is 2. The Morgan fingerprint density at radius 2 is 2.05 bits per heavy atom. The predicted molar refractivity (Wildman–Crippen MR) is 74.3 cm³/mol. The first-order chi connectivity index (χ1) is 8.97. The number of sulfonamides is 1. The highest BCUT2D eigenvalue weighted by Crippen LogP contribution is 2.29. The van der Waals surface area contributed by atoms with Crippen LogP contribution in [0.1, 0.15) is 44.9 Å². The van der Waals surface area contributed by atoms with Gasteiger partial charge in [-0.15, -0.1) is 0 Å². The molecule has 1 saturated carbocycles. The summed E-state index contributed by atoms with van der Waals surface area (Å²) < 4.78 is 26.6. The highest BCUT2D eigenvalue weighted by molar-refractivity contribution is 7.89. The van der Waals surface area contributed by atoms with E-state index in [1.165, 1.54) is 31.9 Å². The third-order valence-corrected chi connectivity index (χ3v) is 5.32. The summed E-state index contributed by atoms with van der Waals surface area (Å²) >= 11 is 0. The summed E-state index contributed by atoms with van der Waals surface area (Å²) in [6, 6.07) is 0. The van der Waals surface area contributed by atoms with Gasteiger partial charge < -0.3 is 4.98 Å². The molecule has 1 fully saturated rings. The van der Waals surface area contributed by atoms with Gasteiger partial charge in [0.05, 0.1) is 6.20 Å². The van der Waals surface area contributed by atoms with Crippen LogP contribution in [-0.4, -0.2) is 24.9 Å². The number of aromatic nitrogens is 2. The quantitative estimate of drug-likeness (QED) is 0.871. The van der Waals surface area contributed by atoms with E-state index in [0.717, 1.165) is 12.3 Å². The predicted octanol–water partition coefficient (Wildman–Crippen LogP) is 2.21. The van der Waals surface area contributed by atoms with Gasteiger partial charge >= 0.3 is 0 Å². The van der Waals surface area contributed by atoms with Gasteiger partial charge in [0.15, 0.2) is 5.03 Å². The normalized spacial score (nSPS) is 24.5. The maximum Gasteiger partial charge on any atom is 0.257 e. The molecule has 0 amide bonds. The fourth-order valence-electron chi connectivity index (χ4n) is 2.63. The first-order valence-electron chi connectivity index (χ1n) is 6.98. The fraction of sp³-hybridized carbons (Fsp3) is 0.769. The molecule has 0 aromatic carbocycles. The molecule has 1 aliphatic carbocycles. The van der Waals surface area contributed by atoms with Gasteiger partial charge in [-0.1, -0.05) is 32.6 Å². The zero-order valence-electron chi connectivity index (χ0n) is 11.6. The number of aromatic amines is 1. The SMILES string of the molecule is Cc1ncc(S(=O)(=O)NCCC2CCC(C)CC2)[nH]1. The van der Waals surface area contributed by atoms with Crippen molar-refractivity contribution in [2.45, 2.75) is 51.0 Å². The van der Waals surface area contributed by atoms with E-state index in [2.05, 4.69) is 21.6 Å². The van der Waals surface area contributed by atoms with Crippen molar-refractivity contribution in [3.8, 4) is 0 Å². The summed E-state index contributed by atoms with van der Waals surface area (Å²) in [4.78, 5) is 6.66. The average molecular weight is 285 g/mol. The number of aryl methyl sites for hydroxylation is 1. The highest BCUT2D eigenvalue weighted by Gasteiger charge is 2.20. The Bertz CT molecular complexity index is 502. The van der Waals surface area contributed by atoms with Crippen LogP contribution in [0.4, 0.5) is 0 Å². The van der Waals surface area contributed by atoms with Gasteiger partial charge in [-0.25, -0.2) is 18.1 Å². The molecule has 1 aromatic rings. The lowest BCUT2D eigenvalue weighted by atomic mass is 9.81. The molecule has 0 bridgehead atoms. The molecule has 108 valence electrons. The molecule has 2 rings (SSSR count). The molecule has 5 nitrogen and oxygen atoms in total. The van der Waals surface area contributed by atoms with Crippen LogP contribution in [0.25, 0.3) is 0 Å². The fourth-order valence-corrected chi connectivity index (χ4v) is 3.64. The van der Waals surface area contributed by atoms with E-state index < -0.39 is 10.0 Å². The van der Waals surface area contributed by atoms with Crippen molar-refractivity contribution in [2.24, 2.45) is 11.8 Å². The van der Waals surface area contributed by atoms with Crippen LogP contribution in [0, 0.1) is 18.8 Å². The van der Waals surface area contributed by atoms with Crippen LogP contribution >= 0.6 is 0 Å². The van der Waals surface area contributed by atoms with E-state index in [1.54, 1.807) is 6.92 Å². The van der Waals surface area contributed by atoms with Crippen molar-refractivity contribution in [3.63, 3.8) is 0 Å². The molecule has 0 spiro atoms.